The SMILES string of the molecule is O=C(Cc1cccs1)Nc1cc(S(=O)(=O)N2CCOCC2)ccc1Oc1ccc(F)cc1. The van der Waals surface area contributed by atoms with Crippen LogP contribution in [0.15, 0.2) is 64.9 Å². The van der Waals surface area contributed by atoms with E-state index in [1.807, 2.05) is 17.5 Å². The van der Waals surface area contributed by atoms with Gasteiger partial charge in [0.2, 0.25) is 15.9 Å². The summed E-state index contributed by atoms with van der Waals surface area (Å²) in [6, 6.07) is 13.4. The molecule has 1 fully saturated rings. The zero-order chi connectivity index (χ0) is 22.6. The van der Waals surface area contributed by atoms with Crippen molar-refractivity contribution in [1.82, 2.24) is 4.31 Å². The molecule has 1 aliphatic heterocycles. The minimum atomic E-state index is -3.77. The molecule has 1 amide bonds. The molecule has 3 aromatic rings. The number of thiophene rings is 1. The monoisotopic (exact) mass is 476 g/mol. The van der Waals surface area contributed by atoms with Crippen molar-refractivity contribution < 1.29 is 27.1 Å². The maximum atomic E-state index is 13.2. The molecule has 32 heavy (non-hydrogen) atoms. The van der Waals surface area contributed by atoms with Crippen molar-refractivity contribution in [2.45, 2.75) is 11.3 Å². The largest absolute Gasteiger partial charge is 0.455 e. The number of rotatable bonds is 7. The fraction of sp³-hybridized carbons (Fsp3) is 0.227. The van der Waals surface area contributed by atoms with Crippen LogP contribution in [0.3, 0.4) is 0 Å². The van der Waals surface area contributed by atoms with Gasteiger partial charge in [-0.05, 0) is 53.9 Å². The van der Waals surface area contributed by atoms with Gasteiger partial charge in [-0.1, -0.05) is 6.07 Å². The van der Waals surface area contributed by atoms with Crippen molar-refractivity contribution in [3.05, 3.63) is 70.7 Å². The van der Waals surface area contributed by atoms with E-state index in [4.69, 9.17) is 9.47 Å². The summed E-state index contributed by atoms with van der Waals surface area (Å²) in [5, 5.41) is 4.63. The molecule has 0 atom stereocenters. The lowest BCUT2D eigenvalue weighted by Crippen LogP contribution is -2.40. The molecule has 1 aliphatic rings. The number of sulfonamides is 1. The molecule has 10 heteroatoms. The predicted octanol–water partition coefficient (Wildman–Crippen LogP) is 3.88. The Labute approximate surface area is 189 Å². The Kier molecular flexibility index (Phi) is 6.85. The van der Waals surface area contributed by atoms with Crippen LogP contribution in [0, 0.1) is 5.82 Å². The summed E-state index contributed by atoms with van der Waals surface area (Å²) < 4.78 is 51.8. The molecular weight excluding hydrogens is 455 g/mol. The highest BCUT2D eigenvalue weighted by Gasteiger charge is 2.27. The molecule has 0 saturated carbocycles. The summed E-state index contributed by atoms with van der Waals surface area (Å²) >= 11 is 1.45. The maximum Gasteiger partial charge on any atom is 0.243 e. The van der Waals surface area contributed by atoms with Crippen molar-refractivity contribution >= 4 is 33.0 Å². The van der Waals surface area contributed by atoms with E-state index < -0.39 is 15.8 Å². The summed E-state index contributed by atoms with van der Waals surface area (Å²) in [4.78, 5) is 13.5. The van der Waals surface area contributed by atoms with Crippen molar-refractivity contribution in [1.29, 1.82) is 0 Å². The molecule has 2 aromatic carbocycles. The van der Waals surface area contributed by atoms with Crippen LogP contribution in [0.5, 0.6) is 11.5 Å². The lowest BCUT2D eigenvalue weighted by Gasteiger charge is -2.26. The first-order valence-corrected chi connectivity index (χ1v) is 12.2. The molecule has 1 aromatic heterocycles. The van der Waals surface area contributed by atoms with Gasteiger partial charge in [-0.3, -0.25) is 4.79 Å². The number of anilines is 1. The first kappa shape index (κ1) is 22.4. The lowest BCUT2D eigenvalue weighted by atomic mass is 10.2. The van der Waals surface area contributed by atoms with Crippen molar-refractivity contribution in [3.63, 3.8) is 0 Å². The van der Waals surface area contributed by atoms with Gasteiger partial charge in [0.15, 0.2) is 5.75 Å². The Morgan fingerprint density at radius 2 is 1.88 bits per heavy atom. The molecule has 0 radical (unpaired) electrons. The third-order valence-corrected chi connectivity index (χ3v) is 7.56. The fourth-order valence-electron chi connectivity index (χ4n) is 3.19. The number of carbonyl (C=O) groups excluding carboxylic acids is 1. The average Bonchev–Trinajstić information content (AvgIpc) is 3.30. The second-order valence-corrected chi connectivity index (χ2v) is 10.0. The fourth-order valence-corrected chi connectivity index (χ4v) is 5.33. The van der Waals surface area contributed by atoms with Crippen LogP contribution in [-0.2, 0) is 26.0 Å². The highest BCUT2D eigenvalue weighted by molar-refractivity contribution is 7.89. The maximum absolute atomic E-state index is 13.2. The molecule has 0 unspecified atom stereocenters. The van der Waals surface area contributed by atoms with Gasteiger partial charge in [0.25, 0.3) is 0 Å². The number of benzene rings is 2. The third kappa shape index (κ3) is 5.33. The standard InChI is InChI=1S/C22H21FN2O5S2/c23-16-3-5-17(6-4-16)30-21-8-7-19(32(27,28)25-9-11-29-12-10-25)15-20(21)24-22(26)14-18-2-1-13-31-18/h1-8,13,15H,9-12,14H2,(H,24,26). The van der Waals surface area contributed by atoms with E-state index in [0.717, 1.165) is 4.88 Å². The van der Waals surface area contributed by atoms with Gasteiger partial charge in [-0.25, -0.2) is 12.8 Å². The second-order valence-electron chi connectivity index (χ2n) is 7.03. The topological polar surface area (TPSA) is 84.9 Å². The van der Waals surface area contributed by atoms with Crippen LogP contribution in [0.1, 0.15) is 4.88 Å². The van der Waals surface area contributed by atoms with E-state index in [2.05, 4.69) is 5.32 Å². The van der Waals surface area contributed by atoms with Gasteiger partial charge < -0.3 is 14.8 Å². The molecule has 1 N–H and O–H groups in total. The highest BCUT2D eigenvalue weighted by atomic mass is 32.2. The molecule has 4 rings (SSSR count). The third-order valence-electron chi connectivity index (χ3n) is 4.79. The Bertz CT molecular complexity index is 1180. The average molecular weight is 477 g/mol. The molecule has 0 aliphatic carbocycles. The second kappa shape index (κ2) is 9.78. The Hall–Kier alpha value is -2.79. The number of hydrogen-bond donors (Lipinski definition) is 1. The smallest absolute Gasteiger partial charge is 0.243 e. The van der Waals surface area contributed by atoms with Gasteiger partial charge in [0, 0.05) is 18.0 Å². The zero-order valence-electron chi connectivity index (χ0n) is 17.0. The van der Waals surface area contributed by atoms with Crippen LogP contribution < -0.4 is 10.1 Å². The number of nitrogens with one attached hydrogen (secondary N) is 1. The summed E-state index contributed by atoms with van der Waals surface area (Å²) in [7, 11) is -3.77. The first-order chi connectivity index (χ1) is 15.4. The summed E-state index contributed by atoms with van der Waals surface area (Å²) in [5.74, 6) is -0.118. The molecule has 7 nitrogen and oxygen atoms in total. The molecule has 1 saturated heterocycles. The van der Waals surface area contributed by atoms with Crippen molar-refractivity contribution in [2.24, 2.45) is 0 Å². The summed E-state index contributed by atoms with van der Waals surface area (Å²) in [6.45, 7) is 1.18. The van der Waals surface area contributed by atoms with Gasteiger partial charge >= 0.3 is 0 Å². The summed E-state index contributed by atoms with van der Waals surface area (Å²) in [6.07, 6.45) is 0.147. The van der Waals surface area contributed by atoms with Gasteiger partial charge in [-0.2, -0.15) is 4.31 Å². The molecule has 2 heterocycles. The number of hydrogen-bond acceptors (Lipinski definition) is 6. The van der Waals surface area contributed by atoms with Crippen molar-refractivity contribution in [3.8, 4) is 11.5 Å². The number of nitrogens with zero attached hydrogens (tertiary/aromatic N) is 1. The Morgan fingerprint density at radius 1 is 1.12 bits per heavy atom. The number of halogens is 1. The Balaban J connectivity index is 1.64. The van der Waals surface area contributed by atoms with E-state index in [1.165, 1.54) is 58.1 Å². The lowest BCUT2D eigenvalue weighted by molar-refractivity contribution is -0.115. The van der Waals surface area contributed by atoms with E-state index in [-0.39, 0.29) is 41.7 Å². The zero-order valence-corrected chi connectivity index (χ0v) is 18.6. The normalized spacial score (nSPS) is 14.8. The number of ether oxygens (including phenoxy) is 2. The predicted molar refractivity (Wildman–Crippen MR) is 119 cm³/mol. The minimum Gasteiger partial charge on any atom is -0.455 e. The van der Waals surface area contributed by atoms with Crippen LogP contribution in [0.25, 0.3) is 0 Å². The van der Waals surface area contributed by atoms with E-state index in [0.29, 0.717) is 19.0 Å². The highest BCUT2D eigenvalue weighted by Crippen LogP contribution is 2.33. The first-order valence-electron chi connectivity index (χ1n) is 9.89. The number of carbonyl (C=O) groups is 1. The Morgan fingerprint density at radius 3 is 2.56 bits per heavy atom. The van der Waals surface area contributed by atoms with E-state index >= 15 is 0 Å². The quantitative estimate of drug-likeness (QED) is 0.559. The molecular formula is C22H21FN2O5S2. The van der Waals surface area contributed by atoms with Crippen molar-refractivity contribution in [2.75, 3.05) is 31.6 Å². The van der Waals surface area contributed by atoms with Crippen LogP contribution in [0.4, 0.5) is 10.1 Å². The molecule has 0 spiro atoms. The van der Waals surface area contributed by atoms with Gasteiger partial charge in [0.05, 0.1) is 30.2 Å². The number of morpholine rings is 1. The molecule has 168 valence electrons. The number of amides is 1. The van der Waals surface area contributed by atoms with Crippen LogP contribution >= 0.6 is 11.3 Å². The van der Waals surface area contributed by atoms with Gasteiger partial charge in [-0.15, -0.1) is 11.3 Å². The minimum absolute atomic E-state index is 0.0391. The van der Waals surface area contributed by atoms with Gasteiger partial charge in [0.1, 0.15) is 11.6 Å². The molecule has 0 bridgehead atoms. The van der Waals surface area contributed by atoms with Crippen LogP contribution in [-0.4, -0.2) is 44.9 Å². The van der Waals surface area contributed by atoms with E-state index in [9.17, 15) is 17.6 Å². The summed E-state index contributed by atoms with van der Waals surface area (Å²) in [5.41, 5.74) is 0.213. The van der Waals surface area contributed by atoms with E-state index in [1.54, 1.807) is 0 Å². The van der Waals surface area contributed by atoms with Crippen LogP contribution in [0.2, 0.25) is 0 Å².